The number of rotatable bonds is 7. The second kappa shape index (κ2) is 7.83. The lowest BCUT2D eigenvalue weighted by atomic mass is 10.1. The van der Waals surface area contributed by atoms with E-state index in [1.54, 1.807) is 6.07 Å². The maximum Gasteiger partial charge on any atom is 0.228 e. The van der Waals surface area contributed by atoms with E-state index in [9.17, 15) is 9.59 Å². The van der Waals surface area contributed by atoms with Gasteiger partial charge in [0.05, 0.1) is 13.0 Å². The Hall–Kier alpha value is -2.82. The first-order valence-corrected chi connectivity index (χ1v) is 8.56. The number of amides is 2. The Morgan fingerprint density at radius 2 is 1.72 bits per heavy atom. The van der Waals surface area contributed by atoms with E-state index in [4.69, 9.17) is 4.74 Å². The van der Waals surface area contributed by atoms with E-state index >= 15 is 0 Å². The van der Waals surface area contributed by atoms with Gasteiger partial charge in [-0.15, -0.1) is 0 Å². The molecule has 130 valence electrons. The average Bonchev–Trinajstić information content (AvgIpc) is 3.42. The highest BCUT2D eigenvalue weighted by Crippen LogP contribution is 2.30. The predicted octanol–water partition coefficient (Wildman–Crippen LogP) is 3.62. The molecule has 3 rings (SSSR count). The molecule has 1 aliphatic carbocycles. The largest absolute Gasteiger partial charge is 0.494 e. The highest BCUT2D eigenvalue weighted by molar-refractivity contribution is 5.96. The molecule has 1 saturated carbocycles. The van der Waals surface area contributed by atoms with Gasteiger partial charge in [0.2, 0.25) is 11.8 Å². The van der Waals surface area contributed by atoms with Gasteiger partial charge in [0, 0.05) is 17.3 Å². The maximum atomic E-state index is 12.2. The summed E-state index contributed by atoms with van der Waals surface area (Å²) >= 11 is 0. The molecule has 2 aromatic rings. The van der Waals surface area contributed by atoms with E-state index in [-0.39, 0.29) is 24.2 Å². The molecule has 0 aromatic heterocycles. The number of carbonyl (C=O) groups excluding carboxylic acids is 2. The molecule has 2 aromatic carbocycles. The van der Waals surface area contributed by atoms with Crippen LogP contribution in [0.2, 0.25) is 0 Å². The smallest absolute Gasteiger partial charge is 0.228 e. The van der Waals surface area contributed by atoms with Gasteiger partial charge in [0.15, 0.2) is 0 Å². The highest BCUT2D eigenvalue weighted by Gasteiger charge is 2.29. The summed E-state index contributed by atoms with van der Waals surface area (Å²) in [5.41, 5.74) is 2.29. The molecule has 0 radical (unpaired) electrons. The fraction of sp³-hybridized carbons (Fsp3) is 0.300. The Bertz CT molecular complexity index is 752. The Kier molecular flexibility index (Phi) is 5.33. The molecule has 5 nitrogen and oxygen atoms in total. The van der Waals surface area contributed by atoms with Gasteiger partial charge in [-0.05, 0) is 55.7 Å². The molecule has 2 amide bonds. The van der Waals surface area contributed by atoms with Crippen molar-refractivity contribution in [1.82, 2.24) is 0 Å². The average molecular weight is 338 g/mol. The van der Waals surface area contributed by atoms with Crippen molar-refractivity contribution in [1.29, 1.82) is 0 Å². The minimum atomic E-state index is -0.102. The van der Waals surface area contributed by atoms with Crippen LogP contribution < -0.4 is 15.4 Å². The zero-order chi connectivity index (χ0) is 17.6. The minimum absolute atomic E-state index is 0.0536. The van der Waals surface area contributed by atoms with Crippen molar-refractivity contribution >= 4 is 23.2 Å². The molecule has 1 fully saturated rings. The Labute approximate surface area is 147 Å². The molecule has 0 atom stereocenters. The summed E-state index contributed by atoms with van der Waals surface area (Å²) in [6, 6.07) is 14.7. The third-order valence-corrected chi connectivity index (χ3v) is 3.96. The van der Waals surface area contributed by atoms with Gasteiger partial charge in [0.1, 0.15) is 5.75 Å². The fourth-order valence-electron chi connectivity index (χ4n) is 2.53. The molecule has 0 heterocycles. The van der Waals surface area contributed by atoms with Gasteiger partial charge in [-0.25, -0.2) is 0 Å². The van der Waals surface area contributed by atoms with Crippen LogP contribution in [0.4, 0.5) is 11.4 Å². The first kappa shape index (κ1) is 17.0. The summed E-state index contributed by atoms with van der Waals surface area (Å²) in [5, 5.41) is 5.75. The fourth-order valence-corrected chi connectivity index (χ4v) is 2.53. The van der Waals surface area contributed by atoms with Crippen LogP contribution in [0, 0.1) is 5.92 Å². The molecule has 25 heavy (non-hydrogen) atoms. The molecule has 1 aliphatic rings. The summed E-state index contributed by atoms with van der Waals surface area (Å²) in [5.74, 6) is 0.899. The van der Waals surface area contributed by atoms with Crippen molar-refractivity contribution < 1.29 is 14.3 Å². The molecule has 2 N–H and O–H groups in total. The third-order valence-electron chi connectivity index (χ3n) is 3.96. The molecule has 0 spiro atoms. The van der Waals surface area contributed by atoms with Crippen LogP contribution in [-0.4, -0.2) is 18.4 Å². The molecule has 0 aliphatic heterocycles. The van der Waals surface area contributed by atoms with E-state index in [0.29, 0.717) is 18.0 Å². The Balaban J connectivity index is 1.55. The number of anilines is 2. The molecular formula is C20H22N2O3. The summed E-state index contributed by atoms with van der Waals surface area (Å²) in [4.78, 5) is 24.0. The van der Waals surface area contributed by atoms with Crippen molar-refractivity contribution in [3.05, 3.63) is 54.1 Å². The molecule has 0 unspecified atom stereocenters. The molecular weight excluding hydrogens is 316 g/mol. The highest BCUT2D eigenvalue weighted by atomic mass is 16.5. The summed E-state index contributed by atoms with van der Waals surface area (Å²) in [6.07, 6.45) is 2.21. The van der Waals surface area contributed by atoms with Crippen molar-refractivity contribution in [2.24, 2.45) is 5.92 Å². The van der Waals surface area contributed by atoms with Crippen LogP contribution in [0.15, 0.2) is 48.5 Å². The van der Waals surface area contributed by atoms with Crippen molar-refractivity contribution in [2.45, 2.75) is 26.2 Å². The van der Waals surface area contributed by atoms with Gasteiger partial charge in [-0.3, -0.25) is 9.59 Å². The van der Waals surface area contributed by atoms with Crippen LogP contribution in [0.1, 0.15) is 25.3 Å². The Morgan fingerprint density at radius 3 is 2.36 bits per heavy atom. The standard InChI is InChI=1S/C20H22N2O3/c1-2-25-18-10-6-14(7-11-18)12-19(23)21-16-4-3-5-17(13-16)22-20(24)15-8-9-15/h3-7,10-11,13,15H,2,8-9,12H2,1H3,(H,21,23)(H,22,24). The normalized spacial score (nSPS) is 13.2. The summed E-state index contributed by atoms with van der Waals surface area (Å²) in [6.45, 7) is 2.55. The number of hydrogen-bond donors (Lipinski definition) is 2. The van der Waals surface area contributed by atoms with Gasteiger partial charge in [0.25, 0.3) is 0 Å². The second-order valence-electron chi connectivity index (χ2n) is 6.15. The minimum Gasteiger partial charge on any atom is -0.494 e. The monoisotopic (exact) mass is 338 g/mol. The van der Waals surface area contributed by atoms with E-state index in [2.05, 4.69) is 10.6 Å². The number of ether oxygens (including phenoxy) is 1. The predicted molar refractivity (Wildman–Crippen MR) is 97.7 cm³/mol. The van der Waals surface area contributed by atoms with Crippen LogP contribution in [0.25, 0.3) is 0 Å². The number of hydrogen-bond acceptors (Lipinski definition) is 3. The van der Waals surface area contributed by atoms with Crippen molar-refractivity contribution in [2.75, 3.05) is 17.2 Å². The lowest BCUT2D eigenvalue weighted by Crippen LogP contribution is -2.16. The number of nitrogens with one attached hydrogen (secondary N) is 2. The summed E-state index contributed by atoms with van der Waals surface area (Å²) in [7, 11) is 0. The Morgan fingerprint density at radius 1 is 1.04 bits per heavy atom. The van der Waals surface area contributed by atoms with E-state index in [1.807, 2.05) is 49.4 Å². The lowest BCUT2D eigenvalue weighted by molar-refractivity contribution is -0.117. The van der Waals surface area contributed by atoms with Crippen LogP contribution >= 0.6 is 0 Å². The van der Waals surface area contributed by atoms with Gasteiger partial charge in [-0.2, -0.15) is 0 Å². The molecule has 5 heteroatoms. The van der Waals surface area contributed by atoms with Crippen molar-refractivity contribution in [3.63, 3.8) is 0 Å². The van der Waals surface area contributed by atoms with Gasteiger partial charge < -0.3 is 15.4 Å². The van der Waals surface area contributed by atoms with Crippen molar-refractivity contribution in [3.8, 4) is 5.75 Å². The van der Waals surface area contributed by atoms with Crippen LogP contribution in [0.3, 0.4) is 0 Å². The number of carbonyl (C=O) groups is 2. The first-order valence-electron chi connectivity index (χ1n) is 8.56. The number of benzene rings is 2. The molecule has 0 bridgehead atoms. The van der Waals surface area contributed by atoms with E-state index in [1.165, 1.54) is 0 Å². The van der Waals surface area contributed by atoms with Crippen LogP contribution in [-0.2, 0) is 16.0 Å². The lowest BCUT2D eigenvalue weighted by Gasteiger charge is -2.09. The van der Waals surface area contributed by atoms with E-state index in [0.717, 1.165) is 24.2 Å². The first-order chi connectivity index (χ1) is 12.1. The zero-order valence-electron chi connectivity index (χ0n) is 14.2. The van der Waals surface area contributed by atoms with Gasteiger partial charge >= 0.3 is 0 Å². The zero-order valence-corrected chi connectivity index (χ0v) is 14.2. The quantitative estimate of drug-likeness (QED) is 0.810. The van der Waals surface area contributed by atoms with Crippen LogP contribution in [0.5, 0.6) is 5.75 Å². The topological polar surface area (TPSA) is 67.4 Å². The van der Waals surface area contributed by atoms with E-state index < -0.39 is 0 Å². The maximum absolute atomic E-state index is 12.2. The van der Waals surface area contributed by atoms with Gasteiger partial charge in [-0.1, -0.05) is 18.2 Å². The second-order valence-corrected chi connectivity index (χ2v) is 6.15. The third kappa shape index (κ3) is 5.08. The summed E-state index contributed by atoms with van der Waals surface area (Å²) < 4.78 is 5.39. The SMILES string of the molecule is CCOc1ccc(CC(=O)Nc2cccc(NC(=O)C3CC3)c2)cc1. The molecule has 0 saturated heterocycles.